The normalized spacial score (nSPS) is 13.4. The van der Waals surface area contributed by atoms with Crippen LogP contribution in [0.25, 0.3) is 0 Å². The SMILES string of the molecule is CCCNC(CC)CS(=O)(=O)Cc1ccccc1Cl. The highest BCUT2D eigenvalue weighted by Gasteiger charge is 2.19. The number of halogens is 1. The molecular weight excluding hydrogens is 282 g/mol. The number of hydrogen-bond donors (Lipinski definition) is 1. The van der Waals surface area contributed by atoms with Gasteiger partial charge in [-0.25, -0.2) is 8.42 Å². The monoisotopic (exact) mass is 303 g/mol. The molecule has 0 amide bonds. The van der Waals surface area contributed by atoms with E-state index in [0.29, 0.717) is 10.6 Å². The third kappa shape index (κ3) is 5.93. The molecule has 1 N–H and O–H groups in total. The summed E-state index contributed by atoms with van der Waals surface area (Å²) < 4.78 is 24.4. The predicted molar refractivity (Wildman–Crippen MR) is 81.3 cm³/mol. The fraction of sp³-hybridized carbons (Fsp3) is 0.571. The van der Waals surface area contributed by atoms with Crippen molar-refractivity contribution in [3.05, 3.63) is 34.9 Å². The minimum atomic E-state index is -3.15. The Morgan fingerprint density at radius 2 is 1.95 bits per heavy atom. The molecule has 0 aromatic heterocycles. The van der Waals surface area contributed by atoms with Gasteiger partial charge in [0.15, 0.2) is 9.84 Å². The van der Waals surface area contributed by atoms with Crippen molar-refractivity contribution >= 4 is 21.4 Å². The van der Waals surface area contributed by atoms with Gasteiger partial charge in [-0.3, -0.25) is 0 Å². The fourth-order valence-corrected chi connectivity index (χ4v) is 3.98. The van der Waals surface area contributed by atoms with Crippen LogP contribution >= 0.6 is 11.6 Å². The minimum absolute atomic E-state index is 0.0109. The average molecular weight is 304 g/mol. The average Bonchev–Trinajstić information content (AvgIpc) is 2.37. The summed E-state index contributed by atoms with van der Waals surface area (Å²) in [6, 6.07) is 7.12. The first-order chi connectivity index (χ1) is 8.98. The van der Waals surface area contributed by atoms with Crippen molar-refractivity contribution in [1.82, 2.24) is 5.32 Å². The van der Waals surface area contributed by atoms with E-state index in [4.69, 9.17) is 11.6 Å². The van der Waals surface area contributed by atoms with Gasteiger partial charge in [0.1, 0.15) is 0 Å². The maximum absolute atomic E-state index is 12.2. The van der Waals surface area contributed by atoms with Crippen LogP contribution in [0, 0.1) is 0 Å². The molecule has 3 nitrogen and oxygen atoms in total. The van der Waals surface area contributed by atoms with E-state index in [1.54, 1.807) is 18.2 Å². The van der Waals surface area contributed by atoms with Crippen LogP contribution in [0.1, 0.15) is 32.3 Å². The van der Waals surface area contributed by atoms with E-state index >= 15 is 0 Å². The Kier molecular flexibility index (Phi) is 6.83. The lowest BCUT2D eigenvalue weighted by Crippen LogP contribution is -2.36. The molecule has 108 valence electrons. The molecule has 19 heavy (non-hydrogen) atoms. The molecular formula is C14H22ClNO2S. The van der Waals surface area contributed by atoms with Gasteiger partial charge in [-0.15, -0.1) is 0 Å². The Balaban J connectivity index is 2.68. The summed E-state index contributed by atoms with van der Waals surface area (Å²) in [5.41, 5.74) is 0.675. The fourth-order valence-electron chi connectivity index (χ4n) is 1.89. The largest absolute Gasteiger partial charge is 0.313 e. The summed E-state index contributed by atoms with van der Waals surface area (Å²) >= 11 is 6.00. The van der Waals surface area contributed by atoms with Gasteiger partial charge in [-0.05, 0) is 31.0 Å². The molecule has 5 heteroatoms. The zero-order valence-electron chi connectivity index (χ0n) is 11.5. The third-order valence-electron chi connectivity index (χ3n) is 2.96. The molecule has 0 aliphatic rings. The Labute approximate surface area is 121 Å². The molecule has 1 unspecified atom stereocenters. The van der Waals surface area contributed by atoms with Crippen LogP contribution in [0.3, 0.4) is 0 Å². The number of benzene rings is 1. The summed E-state index contributed by atoms with van der Waals surface area (Å²) in [5.74, 6) is 0.172. The van der Waals surface area contributed by atoms with Gasteiger partial charge >= 0.3 is 0 Å². The molecule has 0 bridgehead atoms. The van der Waals surface area contributed by atoms with E-state index in [1.165, 1.54) is 0 Å². The Hall–Kier alpha value is -0.580. The van der Waals surface area contributed by atoms with E-state index in [2.05, 4.69) is 12.2 Å². The van der Waals surface area contributed by atoms with Crippen molar-refractivity contribution in [3.8, 4) is 0 Å². The van der Waals surface area contributed by atoms with E-state index < -0.39 is 9.84 Å². The van der Waals surface area contributed by atoms with Crippen LogP contribution in [-0.4, -0.2) is 26.8 Å². The topological polar surface area (TPSA) is 46.2 Å². The molecule has 0 aliphatic heterocycles. The summed E-state index contributed by atoms with van der Waals surface area (Å²) in [4.78, 5) is 0. The zero-order valence-corrected chi connectivity index (χ0v) is 13.1. The van der Waals surface area contributed by atoms with E-state index in [9.17, 15) is 8.42 Å². The second kappa shape index (κ2) is 7.88. The molecule has 1 aromatic rings. The van der Waals surface area contributed by atoms with Crippen LogP contribution < -0.4 is 5.32 Å². The van der Waals surface area contributed by atoms with Crippen molar-refractivity contribution in [2.45, 2.75) is 38.5 Å². The Morgan fingerprint density at radius 1 is 1.26 bits per heavy atom. The molecule has 0 radical (unpaired) electrons. The summed E-state index contributed by atoms with van der Waals surface area (Å²) in [6.45, 7) is 4.91. The maximum atomic E-state index is 12.2. The van der Waals surface area contributed by atoms with Gasteiger partial charge in [0.05, 0.1) is 11.5 Å². The van der Waals surface area contributed by atoms with Gasteiger partial charge < -0.3 is 5.32 Å². The first-order valence-corrected chi connectivity index (χ1v) is 8.85. The van der Waals surface area contributed by atoms with Crippen LogP contribution in [-0.2, 0) is 15.6 Å². The summed E-state index contributed by atoms with van der Waals surface area (Å²) in [7, 11) is -3.15. The molecule has 0 saturated carbocycles. The summed E-state index contributed by atoms with van der Waals surface area (Å²) in [5, 5.41) is 3.78. The second-order valence-electron chi connectivity index (χ2n) is 4.71. The summed E-state index contributed by atoms with van der Waals surface area (Å²) in [6.07, 6.45) is 1.81. The third-order valence-corrected chi connectivity index (χ3v) is 4.99. The molecule has 0 spiro atoms. The molecule has 0 saturated heterocycles. The molecule has 0 fully saturated rings. The van der Waals surface area contributed by atoms with Crippen molar-refractivity contribution < 1.29 is 8.42 Å². The lowest BCUT2D eigenvalue weighted by atomic mass is 10.2. The number of hydrogen-bond acceptors (Lipinski definition) is 3. The molecule has 0 heterocycles. The predicted octanol–water partition coefficient (Wildman–Crippen LogP) is 3.03. The number of rotatable bonds is 8. The molecule has 0 aliphatic carbocycles. The molecule has 1 rings (SSSR count). The zero-order chi connectivity index (χ0) is 14.3. The molecule has 1 atom stereocenters. The van der Waals surface area contributed by atoms with E-state index in [-0.39, 0.29) is 17.5 Å². The standard InChI is InChI=1S/C14H22ClNO2S/c1-3-9-16-13(4-2)11-19(17,18)10-12-7-5-6-8-14(12)15/h5-8,13,16H,3-4,9-11H2,1-2H3. The highest BCUT2D eigenvalue weighted by Crippen LogP contribution is 2.18. The van der Waals surface area contributed by atoms with Crippen LogP contribution in [0.5, 0.6) is 0 Å². The highest BCUT2D eigenvalue weighted by atomic mass is 35.5. The van der Waals surface area contributed by atoms with E-state index in [0.717, 1.165) is 19.4 Å². The minimum Gasteiger partial charge on any atom is -0.313 e. The van der Waals surface area contributed by atoms with Gasteiger partial charge in [0.25, 0.3) is 0 Å². The maximum Gasteiger partial charge on any atom is 0.156 e. The number of nitrogens with one attached hydrogen (secondary N) is 1. The lowest BCUT2D eigenvalue weighted by Gasteiger charge is -2.16. The van der Waals surface area contributed by atoms with Gasteiger partial charge in [0, 0.05) is 11.1 Å². The lowest BCUT2D eigenvalue weighted by molar-refractivity contribution is 0.519. The van der Waals surface area contributed by atoms with Crippen molar-refractivity contribution in [2.75, 3.05) is 12.3 Å². The van der Waals surface area contributed by atoms with Crippen molar-refractivity contribution in [2.24, 2.45) is 0 Å². The van der Waals surface area contributed by atoms with Crippen molar-refractivity contribution in [1.29, 1.82) is 0 Å². The van der Waals surface area contributed by atoms with Crippen LogP contribution in [0.4, 0.5) is 0 Å². The first-order valence-electron chi connectivity index (χ1n) is 6.65. The highest BCUT2D eigenvalue weighted by molar-refractivity contribution is 7.90. The van der Waals surface area contributed by atoms with Crippen LogP contribution in [0.15, 0.2) is 24.3 Å². The van der Waals surface area contributed by atoms with Gasteiger partial charge in [-0.2, -0.15) is 0 Å². The molecule has 1 aromatic carbocycles. The van der Waals surface area contributed by atoms with Crippen molar-refractivity contribution in [3.63, 3.8) is 0 Å². The number of sulfone groups is 1. The van der Waals surface area contributed by atoms with Gasteiger partial charge in [-0.1, -0.05) is 43.6 Å². The Bertz CT molecular complexity index is 488. The second-order valence-corrected chi connectivity index (χ2v) is 7.22. The van der Waals surface area contributed by atoms with Crippen LogP contribution in [0.2, 0.25) is 5.02 Å². The first kappa shape index (κ1) is 16.5. The Morgan fingerprint density at radius 3 is 2.53 bits per heavy atom. The van der Waals surface area contributed by atoms with E-state index in [1.807, 2.05) is 13.0 Å². The van der Waals surface area contributed by atoms with Gasteiger partial charge in [0.2, 0.25) is 0 Å². The quantitative estimate of drug-likeness (QED) is 0.803. The smallest absolute Gasteiger partial charge is 0.156 e.